The van der Waals surface area contributed by atoms with Crippen molar-refractivity contribution < 1.29 is 4.79 Å². The topological polar surface area (TPSA) is 54.9 Å². The predicted octanol–water partition coefficient (Wildman–Crippen LogP) is 3.24. The molecular weight excluding hydrogens is 266 g/mol. The van der Waals surface area contributed by atoms with Gasteiger partial charge < -0.3 is 5.32 Å². The minimum atomic E-state index is 0.0504. The first-order valence-corrected chi connectivity index (χ1v) is 8.32. The van der Waals surface area contributed by atoms with E-state index in [4.69, 9.17) is 0 Å². The predicted molar refractivity (Wildman–Crippen MR) is 77.2 cm³/mol. The van der Waals surface area contributed by atoms with Crippen LogP contribution < -0.4 is 5.32 Å². The lowest BCUT2D eigenvalue weighted by molar-refractivity contribution is -0.115. The lowest BCUT2D eigenvalue weighted by Crippen LogP contribution is -2.14. The summed E-state index contributed by atoms with van der Waals surface area (Å²) in [5.41, 5.74) is 0. The molecule has 1 aliphatic rings. The highest BCUT2D eigenvalue weighted by molar-refractivity contribution is 7.99. The van der Waals surface area contributed by atoms with E-state index in [2.05, 4.69) is 15.5 Å². The van der Waals surface area contributed by atoms with Gasteiger partial charge in [0.1, 0.15) is 5.01 Å². The summed E-state index contributed by atoms with van der Waals surface area (Å²) in [5.74, 6) is 0.961. The van der Waals surface area contributed by atoms with E-state index in [1.54, 1.807) is 0 Å². The Bertz CT molecular complexity index is 388. The Labute approximate surface area is 116 Å². The second kappa shape index (κ2) is 7.09. The molecule has 1 amide bonds. The van der Waals surface area contributed by atoms with Crippen molar-refractivity contribution in [2.45, 2.75) is 50.7 Å². The molecular formula is C12H19N3OS2. The third-order valence-electron chi connectivity index (χ3n) is 3.01. The molecule has 6 heteroatoms. The van der Waals surface area contributed by atoms with Crippen molar-refractivity contribution >= 4 is 34.1 Å². The van der Waals surface area contributed by atoms with Gasteiger partial charge in [0.15, 0.2) is 0 Å². The Balaban J connectivity index is 1.62. The Hall–Kier alpha value is -0.620. The second-order valence-electron chi connectivity index (χ2n) is 4.56. The van der Waals surface area contributed by atoms with E-state index in [1.807, 2.05) is 18.7 Å². The van der Waals surface area contributed by atoms with Crippen LogP contribution in [0.25, 0.3) is 0 Å². The van der Waals surface area contributed by atoms with E-state index in [-0.39, 0.29) is 5.91 Å². The molecule has 2 rings (SSSR count). The number of aromatic nitrogens is 2. The number of aryl methyl sites for hydroxylation is 1. The summed E-state index contributed by atoms with van der Waals surface area (Å²) in [4.78, 5) is 11.7. The van der Waals surface area contributed by atoms with Gasteiger partial charge in [0.25, 0.3) is 0 Å². The minimum Gasteiger partial charge on any atom is -0.301 e. The van der Waals surface area contributed by atoms with Gasteiger partial charge >= 0.3 is 0 Å². The molecule has 1 fully saturated rings. The number of carbonyl (C=O) groups excluding carboxylic acids is 1. The second-order valence-corrected chi connectivity index (χ2v) is 7.15. The third kappa shape index (κ3) is 4.57. The summed E-state index contributed by atoms with van der Waals surface area (Å²) in [6, 6.07) is 0. The van der Waals surface area contributed by atoms with Gasteiger partial charge in [-0.05, 0) is 19.8 Å². The van der Waals surface area contributed by atoms with Crippen LogP contribution in [-0.4, -0.2) is 27.1 Å². The van der Waals surface area contributed by atoms with Gasteiger partial charge in [-0.25, -0.2) is 0 Å². The molecule has 0 radical (unpaired) electrons. The molecule has 4 nitrogen and oxygen atoms in total. The van der Waals surface area contributed by atoms with Crippen molar-refractivity contribution in [1.29, 1.82) is 0 Å². The molecule has 1 heterocycles. The van der Waals surface area contributed by atoms with Gasteiger partial charge in [0, 0.05) is 17.4 Å². The first-order chi connectivity index (χ1) is 8.74. The monoisotopic (exact) mass is 285 g/mol. The summed E-state index contributed by atoms with van der Waals surface area (Å²) in [7, 11) is 0. The highest BCUT2D eigenvalue weighted by Gasteiger charge is 2.14. The van der Waals surface area contributed by atoms with Gasteiger partial charge in [0.05, 0.1) is 0 Å². The number of carbonyl (C=O) groups is 1. The lowest BCUT2D eigenvalue weighted by atomic mass is 10.0. The smallest absolute Gasteiger partial charge is 0.227 e. The fourth-order valence-corrected chi connectivity index (χ4v) is 3.99. The summed E-state index contributed by atoms with van der Waals surface area (Å²) >= 11 is 3.36. The van der Waals surface area contributed by atoms with Crippen molar-refractivity contribution in [2.75, 3.05) is 11.1 Å². The zero-order valence-corrected chi connectivity index (χ0v) is 12.3. The number of hydrogen-bond acceptors (Lipinski definition) is 5. The van der Waals surface area contributed by atoms with E-state index in [0.717, 1.165) is 16.0 Å². The van der Waals surface area contributed by atoms with Gasteiger partial charge in [-0.15, -0.1) is 10.2 Å². The van der Waals surface area contributed by atoms with Gasteiger partial charge in [-0.1, -0.05) is 30.6 Å². The van der Waals surface area contributed by atoms with Crippen molar-refractivity contribution in [3.05, 3.63) is 5.01 Å². The number of thioether (sulfide) groups is 1. The molecule has 1 aliphatic carbocycles. The number of rotatable bonds is 5. The van der Waals surface area contributed by atoms with E-state index in [0.29, 0.717) is 11.6 Å². The first kappa shape index (κ1) is 13.8. The average Bonchev–Trinajstić information content (AvgIpc) is 2.76. The van der Waals surface area contributed by atoms with Crippen LogP contribution in [0.2, 0.25) is 0 Å². The van der Waals surface area contributed by atoms with Crippen molar-refractivity contribution in [3.63, 3.8) is 0 Å². The van der Waals surface area contributed by atoms with Crippen LogP contribution in [0.4, 0.5) is 5.13 Å². The van der Waals surface area contributed by atoms with Crippen molar-refractivity contribution in [1.82, 2.24) is 10.2 Å². The minimum absolute atomic E-state index is 0.0504. The van der Waals surface area contributed by atoms with Crippen molar-refractivity contribution in [2.24, 2.45) is 0 Å². The summed E-state index contributed by atoms with van der Waals surface area (Å²) in [5, 5.41) is 12.8. The lowest BCUT2D eigenvalue weighted by Gasteiger charge is -2.20. The van der Waals surface area contributed by atoms with E-state index < -0.39 is 0 Å². The van der Waals surface area contributed by atoms with Gasteiger partial charge in [-0.3, -0.25) is 4.79 Å². The number of hydrogen-bond donors (Lipinski definition) is 1. The molecule has 18 heavy (non-hydrogen) atoms. The van der Waals surface area contributed by atoms with Crippen LogP contribution in [0.3, 0.4) is 0 Å². The third-order valence-corrected chi connectivity index (χ3v) is 5.14. The Kier molecular flexibility index (Phi) is 5.44. The Morgan fingerprint density at radius 2 is 2.17 bits per heavy atom. The molecule has 0 bridgehead atoms. The molecule has 0 saturated heterocycles. The van der Waals surface area contributed by atoms with Crippen LogP contribution in [0, 0.1) is 6.92 Å². The summed E-state index contributed by atoms with van der Waals surface area (Å²) < 4.78 is 0. The van der Waals surface area contributed by atoms with Gasteiger partial charge in [-0.2, -0.15) is 11.8 Å². The van der Waals surface area contributed by atoms with Crippen LogP contribution in [0.1, 0.15) is 43.5 Å². The van der Waals surface area contributed by atoms with Crippen molar-refractivity contribution in [3.8, 4) is 0 Å². The van der Waals surface area contributed by atoms with Crippen LogP contribution in [0.5, 0.6) is 0 Å². The molecule has 1 aromatic rings. The molecule has 1 saturated carbocycles. The number of anilines is 1. The van der Waals surface area contributed by atoms with E-state index in [1.165, 1.54) is 43.4 Å². The molecule has 1 N–H and O–H groups in total. The molecule has 0 aromatic carbocycles. The maximum atomic E-state index is 11.7. The molecule has 0 unspecified atom stereocenters. The van der Waals surface area contributed by atoms with Crippen LogP contribution in [0.15, 0.2) is 0 Å². The molecule has 1 aromatic heterocycles. The fraction of sp³-hybridized carbons (Fsp3) is 0.750. The number of nitrogens with zero attached hydrogens (tertiary/aromatic N) is 2. The molecule has 100 valence electrons. The van der Waals surface area contributed by atoms with Crippen LogP contribution in [-0.2, 0) is 4.79 Å². The summed E-state index contributed by atoms with van der Waals surface area (Å²) in [6.07, 6.45) is 7.30. The molecule has 0 aliphatic heterocycles. The molecule has 0 spiro atoms. The maximum Gasteiger partial charge on any atom is 0.227 e. The zero-order chi connectivity index (χ0) is 12.8. The summed E-state index contributed by atoms with van der Waals surface area (Å²) in [6.45, 7) is 1.88. The first-order valence-electron chi connectivity index (χ1n) is 6.45. The van der Waals surface area contributed by atoms with Gasteiger partial charge in [0.2, 0.25) is 11.0 Å². The molecule has 0 atom stereocenters. The van der Waals surface area contributed by atoms with Crippen LogP contribution >= 0.6 is 23.1 Å². The maximum absolute atomic E-state index is 11.7. The number of nitrogens with one attached hydrogen (secondary N) is 1. The largest absolute Gasteiger partial charge is 0.301 e. The average molecular weight is 285 g/mol. The zero-order valence-electron chi connectivity index (χ0n) is 10.6. The highest BCUT2D eigenvalue weighted by Crippen LogP contribution is 2.28. The van der Waals surface area contributed by atoms with E-state index in [9.17, 15) is 4.79 Å². The quantitative estimate of drug-likeness (QED) is 0.902. The highest BCUT2D eigenvalue weighted by atomic mass is 32.2. The standard InChI is InChI=1S/C12H19N3OS2/c1-9-14-15-12(18-9)13-11(16)7-8-17-10-5-3-2-4-6-10/h10H,2-8H2,1H3,(H,13,15,16). The Morgan fingerprint density at radius 3 is 2.83 bits per heavy atom. The fourth-order valence-electron chi connectivity index (χ4n) is 2.08. The number of amides is 1. The SMILES string of the molecule is Cc1nnc(NC(=O)CCSC2CCCCC2)s1. The van der Waals surface area contributed by atoms with E-state index >= 15 is 0 Å². The Morgan fingerprint density at radius 1 is 1.39 bits per heavy atom. The normalized spacial score (nSPS) is 16.7.